The Morgan fingerprint density at radius 2 is 0.532 bits per heavy atom. The Kier molecular flexibility index (Phi) is 28.4. The lowest BCUT2D eigenvalue weighted by molar-refractivity contribution is 0.885. The van der Waals surface area contributed by atoms with Crippen LogP contribution in [0.3, 0.4) is 0 Å². The van der Waals surface area contributed by atoms with Gasteiger partial charge in [-0.2, -0.15) is 0 Å². The molecule has 10 N–H and O–H groups in total. The molecule has 0 aliphatic heterocycles. The first-order valence-electron chi connectivity index (χ1n) is 46.6. The fourth-order valence-electron chi connectivity index (χ4n) is 16.9. The van der Waals surface area contributed by atoms with Crippen molar-refractivity contribution in [3.8, 4) is 102 Å². The number of halogens is 1. The quantitative estimate of drug-likeness (QED) is 0.0266. The molecule has 688 valence electrons. The van der Waals surface area contributed by atoms with Crippen molar-refractivity contribution in [1.29, 1.82) is 0 Å². The number of rotatable bonds is 23. The zero-order valence-electron chi connectivity index (χ0n) is 78.0. The predicted octanol–water partition coefficient (Wildman–Crippen LogP) is 28.4. The van der Waals surface area contributed by atoms with E-state index in [0.29, 0.717) is 10.8 Å². The van der Waals surface area contributed by atoms with E-state index in [4.69, 9.17) is 33.0 Å². The summed E-state index contributed by atoms with van der Waals surface area (Å²) >= 11 is 6.00. The number of terminal acetylenes is 1. The molecule has 0 unspecified atom stereocenters. The number of aromatic amines is 5. The van der Waals surface area contributed by atoms with Crippen LogP contribution in [-0.4, -0.2) is 84.7 Å². The van der Waals surface area contributed by atoms with Crippen LogP contribution in [-0.2, 0) is 0 Å². The van der Waals surface area contributed by atoms with Crippen LogP contribution in [0.15, 0.2) is 414 Å². The zero-order valence-corrected chi connectivity index (χ0v) is 78.7. The minimum atomic E-state index is 0.208. The smallest absolute Gasteiger partial charge is 0.156 e. The van der Waals surface area contributed by atoms with Gasteiger partial charge in [-0.1, -0.05) is 260 Å². The van der Waals surface area contributed by atoms with Gasteiger partial charge in [-0.05, 0) is 181 Å². The fraction of sp³-hybridized carbons (Fsp3) is 0.0847. The van der Waals surface area contributed by atoms with E-state index in [2.05, 4.69) is 380 Å². The van der Waals surface area contributed by atoms with Crippen molar-refractivity contribution in [2.24, 2.45) is 0 Å². The molecular formula is C118H99ClN22. The summed E-state index contributed by atoms with van der Waals surface area (Å²) in [6, 6.07) is 115. The minimum absolute atomic E-state index is 0.208. The maximum atomic E-state index is 6.00. The van der Waals surface area contributed by atoms with Gasteiger partial charge in [0, 0.05) is 147 Å². The third kappa shape index (κ3) is 22.3. The Labute approximate surface area is 821 Å². The largest absolute Gasteiger partial charge is 0.379 e. The number of benzene rings is 11. The molecule has 23 heteroatoms. The van der Waals surface area contributed by atoms with Crippen molar-refractivity contribution < 1.29 is 0 Å². The highest BCUT2D eigenvalue weighted by Crippen LogP contribution is 2.38. The summed E-state index contributed by atoms with van der Waals surface area (Å²) in [7, 11) is 0. The molecule has 23 rings (SSSR count). The van der Waals surface area contributed by atoms with Gasteiger partial charge < -0.3 is 51.5 Å². The second-order valence-electron chi connectivity index (χ2n) is 34.0. The van der Waals surface area contributed by atoms with Gasteiger partial charge in [-0.3, -0.25) is 9.97 Å². The first-order chi connectivity index (χ1) is 69.3. The van der Waals surface area contributed by atoms with Gasteiger partial charge in [0.1, 0.15) is 44.1 Å². The average Bonchev–Trinajstić information content (AvgIpc) is 1.65. The standard InChI is InChI=1S/C26H22N4.2C25H21N5.C22H18N4.C20H17ClN4/c1-18(19-9-4-2-5-10-19)29-22-14-8-13-21(15-22)23-16-27-26-25(23)30-24(17-28-26)20-11-6-3-7-12-20;1-17(18-7-3-2-4-8-18)29-21-11-5-9-19(13-21)22-15-27-25-24(22)30-23(16-28-25)20-10-6-12-26-14-20;1-17(18-8-3-2-4-9-18)29-20-11-7-10-19(14-20)21-15-27-25-24(21)30-23(16-28-25)22-12-5-6-13-26-22;1-3-18-13-23-22-21(26-18)20(14-24-22)17-10-7-11-19(12-17)25-15(2)16-8-5-4-6-9-16;1-13(14-6-3-2-4-7-14)24-16-9-5-8-15(10-16)17-11-22-20-19(17)25-18(21)12-23-20/h2-18,29H,1H3,(H,27,28);2*2-17,29H,1H3,(H,27,28);1,4-15,25H,2H3,(H,23,24);2-13,24H,1H3,(H,22,23)/t18-;2*17-;15-;13-/m00000/s1. The minimum Gasteiger partial charge on any atom is -0.379 e. The summed E-state index contributed by atoms with van der Waals surface area (Å²) in [5, 5.41) is 18.3. The number of nitrogens with zero attached hydrogens (tertiary/aromatic N) is 12. The van der Waals surface area contributed by atoms with Crippen LogP contribution in [0.25, 0.3) is 145 Å². The summed E-state index contributed by atoms with van der Waals surface area (Å²) in [4.78, 5) is 70.4. The van der Waals surface area contributed by atoms with Crippen LogP contribution in [0.1, 0.15) is 98.3 Å². The van der Waals surface area contributed by atoms with Gasteiger partial charge in [0.25, 0.3) is 0 Å². The second-order valence-corrected chi connectivity index (χ2v) is 34.4. The highest BCUT2D eigenvalue weighted by molar-refractivity contribution is 6.29. The first-order valence-corrected chi connectivity index (χ1v) is 47.0. The summed E-state index contributed by atoms with van der Waals surface area (Å²) in [5.74, 6) is 2.54. The van der Waals surface area contributed by atoms with E-state index in [1.165, 1.54) is 27.8 Å². The molecule has 0 aliphatic carbocycles. The van der Waals surface area contributed by atoms with Crippen molar-refractivity contribution in [3.63, 3.8) is 0 Å². The number of H-pyrrole nitrogens is 5. The van der Waals surface area contributed by atoms with E-state index in [1.54, 1.807) is 43.4 Å². The Hall–Kier alpha value is -18.3. The number of nitrogens with one attached hydrogen (secondary N) is 10. The van der Waals surface area contributed by atoms with Gasteiger partial charge in [0.05, 0.1) is 48.1 Å². The normalized spacial score (nSPS) is 12.0. The lowest BCUT2D eigenvalue weighted by Crippen LogP contribution is -2.06. The molecule has 0 saturated heterocycles. The summed E-state index contributed by atoms with van der Waals surface area (Å²) in [6.45, 7) is 10.8. The van der Waals surface area contributed by atoms with Crippen LogP contribution in [0.4, 0.5) is 28.4 Å². The number of fused-ring (bicyclic) bond motifs is 5. The van der Waals surface area contributed by atoms with E-state index in [9.17, 15) is 0 Å². The molecule has 5 atom stereocenters. The maximum absolute atomic E-state index is 6.00. The van der Waals surface area contributed by atoms with Gasteiger partial charge in [-0.15, -0.1) is 6.42 Å². The molecule has 141 heavy (non-hydrogen) atoms. The third-order valence-electron chi connectivity index (χ3n) is 24.3. The summed E-state index contributed by atoms with van der Waals surface area (Å²) in [6.07, 6.45) is 29.0. The Balaban J connectivity index is 0.000000112. The molecule has 0 aliphatic rings. The van der Waals surface area contributed by atoms with Crippen molar-refractivity contribution in [2.75, 3.05) is 26.6 Å². The van der Waals surface area contributed by atoms with Crippen LogP contribution in [0.2, 0.25) is 5.15 Å². The highest BCUT2D eigenvalue weighted by atomic mass is 35.5. The van der Waals surface area contributed by atoms with Gasteiger partial charge in [0.2, 0.25) is 0 Å². The van der Waals surface area contributed by atoms with Crippen molar-refractivity contribution in [2.45, 2.75) is 64.8 Å². The molecule has 11 aromatic carbocycles. The number of pyridine rings is 2. The van der Waals surface area contributed by atoms with Crippen molar-refractivity contribution in [1.82, 2.24) is 84.7 Å². The van der Waals surface area contributed by atoms with Crippen LogP contribution in [0.5, 0.6) is 0 Å². The van der Waals surface area contributed by atoms with Gasteiger partial charge in [0.15, 0.2) is 28.2 Å². The van der Waals surface area contributed by atoms with Crippen LogP contribution < -0.4 is 26.6 Å². The third-order valence-corrected chi connectivity index (χ3v) is 24.4. The summed E-state index contributed by atoms with van der Waals surface area (Å²) < 4.78 is 0. The van der Waals surface area contributed by atoms with E-state index >= 15 is 0 Å². The monoisotopic (exact) mass is 1860 g/mol. The van der Waals surface area contributed by atoms with E-state index < -0.39 is 0 Å². The molecule has 22 nitrogen and oxygen atoms in total. The Bertz CT molecular complexity index is 7670. The van der Waals surface area contributed by atoms with Gasteiger partial charge in [-0.25, -0.2) is 49.8 Å². The fourth-order valence-corrected chi connectivity index (χ4v) is 17.0. The molecule has 12 aromatic heterocycles. The Morgan fingerprint density at radius 3 is 0.858 bits per heavy atom. The predicted molar refractivity (Wildman–Crippen MR) is 574 cm³/mol. The molecule has 12 heterocycles. The van der Waals surface area contributed by atoms with Gasteiger partial charge >= 0.3 is 0 Å². The average molecular weight is 1860 g/mol. The number of anilines is 5. The number of aromatic nitrogens is 17. The Morgan fingerprint density at radius 1 is 0.248 bits per heavy atom. The van der Waals surface area contributed by atoms with Crippen molar-refractivity contribution in [3.05, 3.63) is 453 Å². The van der Waals surface area contributed by atoms with E-state index in [0.717, 1.165) is 174 Å². The molecular weight excluding hydrogens is 1760 g/mol. The molecule has 0 fully saturated rings. The lowest BCUT2D eigenvalue weighted by atomic mass is 10.1. The lowest BCUT2D eigenvalue weighted by Gasteiger charge is -2.16. The van der Waals surface area contributed by atoms with E-state index in [-0.39, 0.29) is 30.2 Å². The molecule has 0 spiro atoms. The summed E-state index contributed by atoms with van der Waals surface area (Å²) in [5.41, 5.74) is 35.7. The first kappa shape index (κ1) is 91.8. The molecule has 0 bridgehead atoms. The van der Waals surface area contributed by atoms with Crippen LogP contribution in [0, 0.1) is 12.3 Å². The molecule has 23 aromatic rings. The topological polar surface area (TPSA) is 294 Å². The van der Waals surface area contributed by atoms with E-state index in [1.807, 2.05) is 128 Å². The maximum Gasteiger partial charge on any atom is 0.156 e. The number of hydrogen-bond donors (Lipinski definition) is 10. The molecule has 0 saturated carbocycles. The zero-order chi connectivity index (χ0) is 96.2. The molecule has 0 radical (unpaired) electrons. The van der Waals surface area contributed by atoms with Crippen molar-refractivity contribution >= 4 is 95.9 Å². The number of hydrogen-bond acceptors (Lipinski definition) is 17. The highest BCUT2D eigenvalue weighted by Gasteiger charge is 2.20. The van der Waals surface area contributed by atoms with Crippen LogP contribution >= 0.6 is 11.6 Å². The SMILES string of the molecule is C#Cc1cnc2[nH]cc(-c3cccc(N[C@@H](C)c4ccccc4)c3)c2n1.C[C@H](Nc1cccc(-c2c[nH]c3ncc(-c4ccccc4)nc23)c1)c1ccccc1.C[C@H](Nc1cccc(-c2c[nH]c3ncc(-c4ccccn4)nc23)c1)c1ccccc1.C[C@H](Nc1cccc(-c2c[nH]c3ncc(-c4cccnc4)nc23)c1)c1ccccc1.C[C@H](Nc1cccc(-c2c[nH]c3ncc(Cl)nc23)c1)c1ccccc1. The second kappa shape index (κ2) is 43.6. The molecule has 0 amide bonds.